The van der Waals surface area contributed by atoms with Gasteiger partial charge in [0.2, 0.25) is 0 Å². The molecule has 4 nitrogen and oxygen atoms in total. The summed E-state index contributed by atoms with van der Waals surface area (Å²) in [5, 5.41) is 0. The first-order chi connectivity index (χ1) is 8.54. The van der Waals surface area contributed by atoms with E-state index in [4.69, 9.17) is 16.3 Å². The summed E-state index contributed by atoms with van der Waals surface area (Å²) >= 11 is 6.95. The lowest BCUT2D eigenvalue weighted by molar-refractivity contribution is 0.0752. The number of sulfonamides is 1. The van der Waals surface area contributed by atoms with Gasteiger partial charge in [-0.1, -0.05) is 0 Å². The Morgan fingerprint density at radius 2 is 2.33 bits per heavy atom. The fourth-order valence-corrected chi connectivity index (χ4v) is 5.04. The van der Waals surface area contributed by atoms with Gasteiger partial charge in [0.25, 0.3) is 10.0 Å². The Bertz CT molecular complexity index is 500. The van der Waals surface area contributed by atoms with E-state index in [0.717, 1.165) is 11.3 Å². The van der Waals surface area contributed by atoms with Crippen molar-refractivity contribution < 1.29 is 13.2 Å². The SMILES string of the molecule is CC1CN(S(=O)(=O)c2ccc(CCl)s2)CCCO1. The Balaban J connectivity index is 2.23. The van der Waals surface area contributed by atoms with Crippen molar-refractivity contribution in [1.29, 1.82) is 0 Å². The highest BCUT2D eigenvalue weighted by molar-refractivity contribution is 7.91. The van der Waals surface area contributed by atoms with Crippen molar-refractivity contribution >= 4 is 33.0 Å². The number of hydrogen-bond donors (Lipinski definition) is 0. The van der Waals surface area contributed by atoms with Gasteiger partial charge in [0, 0.05) is 24.6 Å². The van der Waals surface area contributed by atoms with Crippen molar-refractivity contribution in [2.24, 2.45) is 0 Å². The monoisotopic (exact) mass is 309 g/mol. The van der Waals surface area contributed by atoms with Gasteiger partial charge in [0.1, 0.15) is 4.21 Å². The molecule has 1 aliphatic rings. The Morgan fingerprint density at radius 1 is 1.56 bits per heavy atom. The molecular formula is C11H16ClNO3S2. The third-order valence-corrected chi connectivity index (χ3v) is 6.64. The van der Waals surface area contributed by atoms with Crippen molar-refractivity contribution in [2.75, 3.05) is 19.7 Å². The predicted octanol–water partition coefficient (Wildman–Crippen LogP) is 2.29. The third-order valence-electron chi connectivity index (χ3n) is 2.78. The van der Waals surface area contributed by atoms with Crippen LogP contribution in [0.2, 0.25) is 0 Å². The average Bonchev–Trinajstić information content (AvgIpc) is 2.72. The minimum atomic E-state index is -3.39. The van der Waals surface area contributed by atoms with Crippen LogP contribution in [0.5, 0.6) is 0 Å². The highest BCUT2D eigenvalue weighted by atomic mass is 35.5. The van der Waals surface area contributed by atoms with Gasteiger partial charge in [-0.25, -0.2) is 8.42 Å². The first kappa shape index (κ1) is 14.3. The molecule has 0 radical (unpaired) electrons. The van der Waals surface area contributed by atoms with Crippen molar-refractivity contribution in [3.05, 3.63) is 17.0 Å². The summed E-state index contributed by atoms with van der Waals surface area (Å²) < 4.78 is 32.2. The number of thiophene rings is 1. The van der Waals surface area contributed by atoms with Gasteiger partial charge in [0.15, 0.2) is 0 Å². The molecule has 1 aromatic heterocycles. The van der Waals surface area contributed by atoms with Crippen molar-refractivity contribution in [1.82, 2.24) is 4.31 Å². The maximum absolute atomic E-state index is 12.5. The standard InChI is InChI=1S/C11H16ClNO3S2/c1-9-8-13(5-2-6-16-9)18(14,15)11-4-3-10(7-12)17-11/h3-4,9H,2,5-8H2,1H3. The summed E-state index contributed by atoms with van der Waals surface area (Å²) in [5.41, 5.74) is 0. The molecule has 1 saturated heterocycles. The molecule has 0 aromatic carbocycles. The van der Waals surface area contributed by atoms with Gasteiger partial charge in [-0.15, -0.1) is 22.9 Å². The van der Waals surface area contributed by atoms with Crippen LogP contribution in [0, 0.1) is 0 Å². The van der Waals surface area contributed by atoms with Crippen molar-refractivity contribution in [2.45, 2.75) is 29.5 Å². The molecule has 0 N–H and O–H groups in total. The molecule has 18 heavy (non-hydrogen) atoms. The van der Waals surface area contributed by atoms with Gasteiger partial charge in [-0.2, -0.15) is 4.31 Å². The zero-order valence-corrected chi connectivity index (χ0v) is 12.5. The minimum Gasteiger partial charge on any atom is -0.377 e. The van der Waals surface area contributed by atoms with Crippen LogP contribution in [-0.4, -0.2) is 38.5 Å². The van der Waals surface area contributed by atoms with Gasteiger partial charge in [-0.3, -0.25) is 0 Å². The maximum atomic E-state index is 12.5. The summed E-state index contributed by atoms with van der Waals surface area (Å²) in [5.74, 6) is 0.347. The van der Waals surface area contributed by atoms with E-state index in [1.165, 1.54) is 15.6 Å². The van der Waals surface area contributed by atoms with E-state index in [-0.39, 0.29) is 6.10 Å². The minimum absolute atomic E-state index is 0.0604. The van der Waals surface area contributed by atoms with Crippen LogP contribution in [0.4, 0.5) is 0 Å². The second-order valence-electron chi connectivity index (χ2n) is 4.25. The Morgan fingerprint density at radius 3 is 3.00 bits per heavy atom. The second kappa shape index (κ2) is 5.88. The van der Waals surface area contributed by atoms with Crippen LogP contribution < -0.4 is 0 Å². The van der Waals surface area contributed by atoms with Crippen LogP contribution in [0.3, 0.4) is 0 Å². The van der Waals surface area contributed by atoms with Crippen LogP contribution in [0.25, 0.3) is 0 Å². The molecular weight excluding hydrogens is 294 g/mol. The number of rotatable bonds is 3. The summed E-state index contributed by atoms with van der Waals surface area (Å²) in [6.45, 7) is 3.44. The normalized spacial score (nSPS) is 22.9. The maximum Gasteiger partial charge on any atom is 0.252 e. The van der Waals surface area contributed by atoms with E-state index in [0.29, 0.717) is 29.8 Å². The molecule has 7 heteroatoms. The lowest BCUT2D eigenvalue weighted by atomic mass is 10.4. The van der Waals surface area contributed by atoms with Gasteiger partial charge in [0.05, 0.1) is 12.0 Å². The van der Waals surface area contributed by atoms with Crippen LogP contribution in [0.1, 0.15) is 18.2 Å². The molecule has 1 atom stereocenters. The summed E-state index contributed by atoms with van der Waals surface area (Å²) in [6.07, 6.45) is 0.673. The van der Waals surface area contributed by atoms with Crippen LogP contribution in [0.15, 0.2) is 16.3 Å². The molecule has 102 valence electrons. The molecule has 1 fully saturated rings. The fraction of sp³-hybridized carbons (Fsp3) is 0.636. The number of hydrogen-bond acceptors (Lipinski definition) is 4. The number of nitrogens with zero attached hydrogens (tertiary/aromatic N) is 1. The second-order valence-corrected chi connectivity index (χ2v) is 7.85. The highest BCUT2D eigenvalue weighted by Gasteiger charge is 2.28. The van der Waals surface area contributed by atoms with Gasteiger partial charge < -0.3 is 4.74 Å². The molecule has 0 amide bonds. The summed E-state index contributed by atoms with van der Waals surface area (Å²) in [6, 6.07) is 3.40. The number of alkyl halides is 1. The van der Waals surface area contributed by atoms with E-state index in [2.05, 4.69) is 0 Å². The highest BCUT2D eigenvalue weighted by Crippen LogP contribution is 2.27. The topological polar surface area (TPSA) is 46.6 Å². The fourth-order valence-electron chi connectivity index (χ4n) is 1.87. The first-order valence-corrected chi connectivity index (χ1v) is 8.59. The third kappa shape index (κ3) is 3.05. The van der Waals surface area contributed by atoms with Gasteiger partial charge >= 0.3 is 0 Å². The summed E-state index contributed by atoms with van der Waals surface area (Å²) in [4.78, 5) is 0.870. The quantitative estimate of drug-likeness (QED) is 0.805. The number of halogens is 1. The van der Waals surface area contributed by atoms with Crippen LogP contribution in [-0.2, 0) is 20.6 Å². The smallest absolute Gasteiger partial charge is 0.252 e. The van der Waals surface area contributed by atoms with E-state index >= 15 is 0 Å². The largest absolute Gasteiger partial charge is 0.377 e. The lowest BCUT2D eigenvalue weighted by Crippen LogP contribution is -2.35. The van der Waals surface area contributed by atoms with Crippen LogP contribution >= 0.6 is 22.9 Å². The van der Waals surface area contributed by atoms with Crippen molar-refractivity contribution in [3.63, 3.8) is 0 Å². The molecule has 0 spiro atoms. The predicted molar refractivity (Wildman–Crippen MR) is 72.7 cm³/mol. The molecule has 1 aliphatic heterocycles. The molecule has 0 bridgehead atoms. The number of ether oxygens (including phenoxy) is 1. The molecule has 0 saturated carbocycles. The zero-order valence-electron chi connectivity index (χ0n) is 10.1. The molecule has 2 heterocycles. The van der Waals surface area contributed by atoms with E-state index in [1.54, 1.807) is 12.1 Å². The molecule has 1 aromatic rings. The van der Waals surface area contributed by atoms with E-state index in [9.17, 15) is 8.42 Å². The van der Waals surface area contributed by atoms with Gasteiger partial charge in [-0.05, 0) is 25.5 Å². The van der Waals surface area contributed by atoms with Crippen molar-refractivity contribution in [3.8, 4) is 0 Å². The Hall–Kier alpha value is -0.140. The molecule has 0 aliphatic carbocycles. The lowest BCUT2D eigenvalue weighted by Gasteiger charge is -2.20. The molecule has 1 unspecified atom stereocenters. The molecule has 2 rings (SSSR count). The Labute approximate surface area is 117 Å². The van der Waals surface area contributed by atoms with E-state index in [1.807, 2.05) is 6.92 Å². The summed E-state index contributed by atoms with van der Waals surface area (Å²) in [7, 11) is -3.39. The van der Waals surface area contributed by atoms with E-state index < -0.39 is 10.0 Å². The average molecular weight is 310 g/mol. The zero-order chi connectivity index (χ0) is 13.2. The Kier molecular flexibility index (Phi) is 4.66. The first-order valence-electron chi connectivity index (χ1n) is 5.80.